The number of carbonyl (C=O) groups is 5. The molecule has 1 aromatic rings. The van der Waals surface area contributed by atoms with E-state index in [1.165, 1.54) is 38.1 Å². The van der Waals surface area contributed by atoms with E-state index in [1.807, 2.05) is 0 Å². The van der Waals surface area contributed by atoms with Crippen LogP contribution in [0.15, 0.2) is 24.3 Å². The van der Waals surface area contributed by atoms with E-state index in [1.54, 1.807) is 0 Å². The summed E-state index contributed by atoms with van der Waals surface area (Å²) in [7, 11) is 0. The van der Waals surface area contributed by atoms with Crippen molar-refractivity contribution in [3.63, 3.8) is 0 Å². The van der Waals surface area contributed by atoms with Crippen molar-refractivity contribution in [3.05, 3.63) is 34.4 Å². The minimum atomic E-state index is -2.88. The number of carboxylic acids is 1. The van der Waals surface area contributed by atoms with E-state index < -0.39 is 153 Å². The van der Waals surface area contributed by atoms with E-state index in [2.05, 4.69) is 16.0 Å². The Labute approximate surface area is 394 Å². The van der Waals surface area contributed by atoms with Crippen molar-refractivity contribution in [2.45, 2.75) is 151 Å². The molecule has 2 saturated heterocycles. The number of nitrogens with zero attached hydrogens (tertiary/aromatic N) is 1. The second kappa shape index (κ2) is 28.3. The molecule has 69 heavy (non-hydrogen) atoms. The largest absolute Gasteiger partial charge is 0.477 e. The molecule has 6 unspecified atom stereocenters. The molecule has 0 saturated carbocycles. The smallest absolute Gasteiger partial charge is 0.364 e. The average Bonchev–Trinajstić information content (AvgIpc) is 3.30. The van der Waals surface area contributed by atoms with Gasteiger partial charge in [-0.3, -0.25) is 29.3 Å². The molecule has 0 bridgehead atoms. The van der Waals surface area contributed by atoms with Gasteiger partial charge < -0.3 is 100 Å². The summed E-state index contributed by atoms with van der Waals surface area (Å²) >= 11 is 0. The average molecular weight is 997 g/mol. The first-order chi connectivity index (χ1) is 32.6. The molecule has 392 valence electrons. The lowest BCUT2D eigenvalue weighted by Gasteiger charge is -2.47. The lowest BCUT2D eigenvalue weighted by Crippen LogP contribution is -2.68. The van der Waals surface area contributed by atoms with Gasteiger partial charge in [0.05, 0.1) is 56.1 Å². The van der Waals surface area contributed by atoms with Gasteiger partial charge in [0.2, 0.25) is 17.7 Å². The third kappa shape index (κ3) is 17.6. The maximum atomic E-state index is 12.6. The van der Waals surface area contributed by atoms with E-state index in [0.29, 0.717) is 12.8 Å². The maximum absolute atomic E-state index is 12.6. The van der Waals surface area contributed by atoms with Gasteiger partial charge in [-0.05, 0) is 38.3 Å². The topological polar surface area (TPSA) is 431 Å². The molecule has 13 N–H and O–H groups in total. The van der Waals surface area contributed by atoms with Gasteiger partial charge in [-0.1, -0.05) is 0 Å². The summed E-state index contributed by atoms with van der Waals surface area (Å²) in [5.41, 5.74) is -0.161. The van der Waals surface area contributed by atoms with Crippen LogP contribution in [0.3, 0.4) is 0 Å². The Morgan fingerprint density at radius 2 is 1.55 bits per heavy atom. The van der Waals surface area contributed by atoms with Crippen molar-refractivity contribution in [2.75, 3.05) is 39.6 Å². The summed E-state index contributed by atoms with van der Waals surface area (Å²) < 4.78 is 39.3. The second-order valence-electron chi connectivity index (χ2n) is 16.3. The molecule has 28 heteroatoms. The highest BCUT2D eigenvalue weighted by molar-refractivity contribution is 5.77. The Morgan fingerprint density at radius 1 is 0.899 bits per heavy atom. The van der Waals surface area contributed by atoms with Crippen LogP contribution in [-0.4, -0.2) is 217 Å². The molecular weight excluding hydrogens is 932 g/mol. The molecule has 2 aliphatic rings. The minimum absolute atomic E-state index is 0.00587. The molecule has 3 rings (SSSR count). The third-order valence-corrected chi connectivity index (χ3v) is 10.8. The number of non-ortho nitro benzene ring substituents is 1. The van der Waals surface area contributed by atoms with Gasteiger partial charge in [0, 0.05) is 51.8 Å². The second-order valence-corrected chi connectivity index (χ2v) is 16.3. The number of aliphatic hydroxyl groups excluding tert-OH is 9. The monoisotopic (exact) mass is 996 g/mol. The Hall–Kier alpha value is -4.63. The first kappa shape index (κ1) is 58.7. The van der Waals surface area contributed by atoms with Crippen LogP contribution in [0.25, 0.3) is 0 Å². The van der Waals surface area contributed by atoms with Crippen molar-refractivity contribution in [2.24, 2.45) is 0 Å². The van der Waals surface area contributed by atoms with Gasteiger partial charge in [0.15, 0.2) is 12.6 Å². The van der Waals surface area contributed by atoms with Crippen molar-refractivity contribution < 1.29 is 113 Å². The van der Waals surface area contributed by atoms with Gasteiger partial charge >= 0.3 is 11.9 Å². The number of aliphatic hydroxyl groups is 9. The zero-order valence-corrected chi connectivity index (χ0v) is 38.0. The molecule has 15 atom stereocenters. The highest BCUT2D eigenvalue weighted by Crippen LogP contribution is 2.35. The van der Waals surface area contributed by atoms with E-state index in [4.69, 9.17) is 33.2 Å². The molecule has 0 spiro atoms. The van der Waals surface area contributed by atoms with Crippen LogP contribution in [-0.2, 0) is 52.4 Å². The predicted molar refractivity (Wildman–Crippen MR) is 227 cm³/mol. The number of carbonyl (C=O) groups excluding carboxylic acids is 4. The number of amides is 3. The first-order valence-electron chi connectivity index (χ1n) is 21.9. The zero-order valence-electron chi connectivity index (χ0n) is 38.0. The minimum Gasteiger partial charge on any atom is -0.477 e. The number of hydrogen-bond acceptors (Lipinski definition) is 23. The fraction of sp³-hybridized carbons (Fsp3) is 0.732. The highest BCUT2D eigenvalue weighted by Gasteiger charge is 2.57. The maximum Gasteiger partial charge on any atom is 0.364 e. The Kier molecular flexibility index (Phi) is 24.0. The Bertz CT molecular complexity index is 1810. The van der Waals surface area contributed by atoms with E-state index in [0.717, 1.165) is 6.92 Å². The molecule has 3 amide bonds. The number of aliphatic carboxylic acids is 1. The number of nitro benzene ring substituents is 1. The number of ether oxygens (including phenoxy) is 7. The summed E-state index contributed by atoms with van der Waals surface area (Å²) in [6.45, 7) is -0.0929. The Morgan fingerprint density at radius 3 is 2.13 bits per heavy atom. The third-order valence-electron chi connectivity index (χ3n) is 10.8. The van der Waals surface area contributed by atoms with Crippen LogP contribution >= 0.6 is 0 Å². The molecule has 0 aliphatic carbocycles. The van der Waals surface area contributed by atoms with E-state index in [-0.39, 0.29) is 49.8 Å². The normalized spacial score (nSPS) is 27.4. The Balaban J connectivity index is 1.59. The lowest BCUT2D eigenvalue weighted by atomic mass is 9.88. The molecule has 1 aromatic carbocycles. The van der Waals surface area contributed by atoms with Gasteiger partial charge in [0.25, 0.3) is 11.5 Å². The molecule has 0 radical (unpaired) electrons. The SMILES string of the molecule is CC(=O)N[C@@H](C)[C@H](OCCCNC(=O)CCCCC(=O)Oc1ccc([N+](=O)[O-])cc1)OC(CO)[C@H](CO)O[C@@H]1OC(CO[C@]2(C(=O)O)C[C@@H](O)[C@@H](NC(C)=O)C(C(O)C(O)CO)O2)[C@H](O)C(O)[C@@H]1O. The fourth-order valence-corrected chi connectivity index (χ4v) is 7.15. The summed E-state index contributed by atoms with van der Waals surface area (Å²) in [6, 6.07) is 2.55. The molecule has 2 heterocycles. The number of carboxylic acid groups (broad SMARTS) is 1. The summed E-state index contributed by atoms with van der Waals surface area (Å²) in [5.74, 6) is -6.79. The first-order valence-corrected chi connectivity index (χ1v) is 21.9. The number of esters is 1. The van der Waals surface area contributed by atoms with Crippen molar-refractivity contribution >= 4 is 35.3 Å². The number of nitrogens with one attached hydrogen (secondary N) is 3. The number of benzene rings is 1. The van der Waals surface area contributed by atoms with Crippen LogP contribution in [0.4, 0.5) is 5.69 Å². The van der Waals surface area contributed by atoms with Crippen LogP contribution in [0.5, 0.6) is 5.75 Å². The van der Waals surface area contributed by atoms with E-state index in [9.17, 15) is 85.2 Å². The van der Waals surface area contributed by atoms with Crippen molar-refractivity contribution in [1.82, 2.24) is 16.0 Å². The zero-order chi connectivity index (χ0) is 51.6. The van der Waals surface area contributed by atoms with Gasteiger partial charge in [-0.25, -0.2) is 4.79 Å². The molecule has 28 nitrogen and oxygen atoms in total. The van der Waals surface area contributed by atoms with Gasteiger partial charge in [-0.2, -0.15) is 0 Å². The van der Waals surface area contributed by atoms with E-state index >= 15 is 0 Å². The van der Waals surface area contributed by atoms with Crippen LogP contribution in [0, 0.1) is 10.1 Å². The molecule has 2 aliphatic heterocycles. The summed E-state index contributed by atoms with van der Waals surface area (Å²) in [5, 5.41) is 123. The molecule has 0 aromatic heterocycles. The quantitative estimate of drug-likeness (QED) is 0.00894. The van der Waals surface area contributed by atoms with Gasteiger partial charge in [-0.15, -0.1) is 0 Å². The number of hydrogen-bond donors (Lipinski definition) is 13. The number of rotatable bonds is 29. The predicted octanol–water partition coefficient (Wildman–Crippen LogP) is -4.84. The van der Waals surface area contributed by atoms with Crippen LogP contribution < -0.4 is 20.7 Å². The van der Waals surface area contributed by atoms with Crippen molar-refractivity contribution in [3.8, 4) is 5.75 Å². The molecule has 2 fully saturated rings. The standard InChI is InChI=1S/C41H64N4O24/c1-20(43-21(2)49)38(63-14-6-13-42-30(53)7-4-5-8-31(54)65-24-11-9-23(10-12-24)45(61)62)66-27(17-47)28(18-48)67-39-36(58)35(57)34(56)29(68-39)19-64-41(40(59)60)15-25(51)32(44-22(3)50)37(69-41)33(55)26(52)16-46/h9-12,20,25-29,32-39,46-48,51-52,55-58H,4-8,13-19H2,1-3H3,(H,42,53)(H,43,49)(H,44,50)(H,59,60)/t20-,25+,26?,27?,28-,29?,32+,33?,34-,35?,36-,37?,38+,39+,41+/m0/s1. The number of nitro groups is 1. The van der Waals surface area contributed by atoms with Crippen molar-refractivity contribution in [1.29, 1.82) is 0 Å². The molecular formula is C41H64N4O24. The fourth-order valence-electron chi connectivity index (χ4n) is 7.15. The van der Waals surface area contributed by atoms with Gasteiger partial charge in [0.1, 0.15) is 60.7 Å². The van der Waals surface area contributed by atoms with Crippen LogP contribution in [0.1, 0.15) is 59.3 Å². The van der Waals surface area contributed by atoms with Crippen LogP contribution in [0.2, 0.25) is 0 Å². The summed E-state index contributed by atoms with van der Waals surface area (Å²) in [4.78, 5) is 71.1. The highest BCUT2D eigenvalue weighted by atomic mass is 16.8. The summed E-state index contributed by atoms with van der Waals surface area (Å²) in [6.07, 6.45) is -22.1. The number of unbranched alkanes of at least 4 members (excludes halogenated alkanes) is 1. The lowest BCUT2D eigenvalue weighted by molar-refractivity contribution is -0.384.